The number of amides is 1. The second-order valence-electron chi connectivity index (χ2n) is 7.61. The van der Waals surface area contributed by atoms with Gasteiger partial charge in [-0.2, -0.15) is 5.10 Å². The van der Waals surface area contributed by atoms with E-state index in [2.05, 4.69) is 20.1 Å². The maximum atomic E-state index is 12.7. The van der Waals surface area contributed by atoms with E-state index in [1.165, 1.54) is 11.4 Å². The zero-order chi connectivity index (χ0) is 18.9. The second kappa shape index (κ2) is 7.24. The molecule has 1 aromatic carbocycles. The van der Waals surface area contributed by atoms with Crippen LogP contribution in [0.4, 0.5) is 0 Å². The Bertz CT molecular complexity index is 941. The minimum Gasteiger partial charge on any atom is -0.340 e. The average Bonchev–Trinajstić information content (AvgIpc) is 3.43. The number of carbonyl (C=O) groups is 1. The first-order valence-corrected chi connectivity index (χ1v) is 9.93. The SMILES string of the molecule is O=C(c1ccccc1)N1CCC(N2CCc3nc(-c4cn[nH]c4)[nH]c3C2)CC1. The average molecular weight is 376 g/mol. The Hall–Kier alpha value is -2.93. The minimum absolute atomic E-state index is 0.151. The number of aromatic amines is 2. The molecule has 2 aliphatic heterocycles. The number of imidazole rings is 1. The summed E-state index contributed by atoms with van der Waals surface area (Å²) in [7, 11) is 0. The van der Waals surface area contributed by atoms with Crippen molar-refractivity contribution in [1.82, 2.24) is 30.0 Å². The lowest BCUT2D eigenvalue weighted by atomic mass is 9.99. The van der Waals surface area contributed by atoms with Gasteiger partial charge in [-0.3, -0.25) is 14.8 Å². The number of nitrogens with zero attached hydrogens (tertiary/aromatic N) is 4. The molecule has 28 heavy (non-hydrogen) atoms. The van der Waals surface area contributed by atoms with E-state index in [1.54, 1.807) is 6.20 Å². The number of H-pyrrole nitrogens is 2. The molecule has 1 fully saturated rings. The van der Waals surface area contributed by atoms with Crippen LogP contribution in [0.25, 0.3) is 11.4 Å². The third-order valence-electron chi connectivity index (χ3n) is 5.92. The molecule has 0 bridgehead atoms. The first kappa shape index (κ1) is 17.2. The molecule has 0 unspecified atom stereocenters. The summed E-state index contributed by atoms with van der Waals surface area (Å²) < 4.78 is 0. The molecule has 0 atom stereocenters. The van der Waals surface area contributed by atoms with Gasteiger partial charge in [0.15, 0.2) is 0 Å². The van der Waals surface area contributed by atoms with Gasteiger partial charge in [-0.1, -0.05) is 18.2 Å². The standard InChI is InChI=1S/C21H24N6O/c28-21(15-4-2-1-3-5-15)26-9-6-17(7-10-26)27-11-8-18-19(14-27)25-20(24-18)16-12-22-23-13-16/h1-5,12-13,17H,6-11,14H2,(H,22,23)(H,24,25). The summed E-state index contributed by atoms with van der Waals surface area (Å²) in [5.74, 6) is 1.04. The summed E-state index contributed by atoms with van der Waals surface area (Å²) in [5, 5.41) is 6.85. The van der Waals surface area contributed by atoms with Crippen LogP contribution in [0.1, 0.15) is 34.6 Å². The van der Waals surface area contributed by atoms with Crippen LogP contribution in [-0.4, -0.2) is 61.5 Å². The lowest BCUT2D eigenvalue weighted by Gasteiger charge is -2.39. The van der Waals surface area contributed by atoms with E-state index < -0.39 is 0 Å². The molecule has 0 spiro atoms. The van der Waals surface area contributed by atoms with Crippen molar-refractivity contribution in [3.05, 3.63) is 59.7 Å². The number of hydrogen-bond acceptors (Lipinski definition) is 4. The summed E-state index contributed by atoms with van der Waals surface area (Å²) in [5.41, 5.74) is 4.16. The number of likely N-dealkylation sites (tertiary alicyclic amines) is 1. The highest BCUT2D eigenvalue weighted by Gasteiger charge is 2.30. The number of rotatable bonds is 3. The molecule has 4 heterocycles. The van der Waals surface area contributed by atoms with Crippen LogP contribution < -0.4 is 0 Å². The zero-order valence-electron chi connectivity index (χ0n) is 15.8. The molecule has 1 saturated heterocycles. The predicted octanol–water partition coefficient (Wildman–Crippen LogP) is 2.46. The van der Waals surface area contributed by atoms with E-state index in [0.717, 1.165) is 62.4 Å². The number of fused-ring (bicyclic) bond motifs is 1. The highest BCUT2D eigenvalue weighted by Crippen LogP contribution is 2.26. The molecule has 5 rings (SSSR count). The summed E-state index contributed by atoms with van der Waals surface area (Å²) in [6.45, 7) is 3.58. The van der Waals surface area contributed by atoms with Crippen LogP contribution in [0, 0.1) is 0 Å². The van der Waals surface area contributed by atoms with Crippen LogP contribution in [0.2, 0.25) is 0 Å². The summed E-state index contributed by atoms with van der Waals surface area (Å²) >= 11 is 0. The Morgan fingerprint density at radius 1 is 1.11 bits per heavy atom. The van der Waals surface area contributed by atoms with Crippen molar-refractivity contribution in [2.45, 2.75) is 31.8 Å². The molecule has 7 heteroatoms. The number of benzene rings is 1. The second-order valence-corrected chi connectivity index (χ2v) is 7.61. The van der Waals surface area contributed by atoms with E-state index in [9.17, 15) is 4.79 Å². The third kappa shape index (κ3) is 3.22. The van der Waals surface area contributed by atoms with Crippen LogP contribution in [0.15, 0.2) is 42.7 Å². The summed E-state index contributed by atoms with van der Waals surface area (Å²) in [6.07, 6.45) is 6.67. The van der Waals surface area contributed by atoms with E-state index in [4.69, 9.17) is 4.98 Å². The lowest BCUT2D eigenvalue weighted by molar-refractivity contribution is 0.0597. The van der Waals surface area contributed by atoms with E-state index in [0.29, 0.717) is 6.04 Å². The molecule has 1 amide bonds. The van der Waals surface area contributed by atoms with Crippen molar-refractivity contribution in [3.8, 4) is 11.4 Å². The first-order chi connectivity index (χ1) is 13.8. The third-order valence-corrected chi connectivity index (χ3v) is 5.92. The van der Waals surface area contributed by atoms with Gasteiger partial charge in [0, 0.05) is 50.4 Å². The molecule has 3 aromatic rings. The molecule has 144 valence electrons. The minimum atomic E-state index is 0.151. The summed E-state index contributed by atoms with van der Waals surface area (Å²) in [6, 6.07) is 10.1. The fourth-order valence-electron chi connectivity index (χ4n) is 4.34. The number of piperidine rings is 1. The van der Waals surface area contributed by atoms with Gasteiger partial charge in [0.1, 0.15) is 5.82 Å². The van der Waals surface area contributed by atoms with Crippen LogP contribution in [0.3, 0.4) is 0 Å². The van der Waals surface area contributed by atoms with Crippen molar-refractivity contribution < 1.29 is 4.79 Å². The van der Waals surface area contributed by atoms with Crippen molar-refractivity contribution in [2.24, 2.45) is 0 Å². The quantitative estimate of drug-likeness (QED) is 0.736. The molecule has 2 aliphatic rings. The van der Waals surface area contributed by atoms with Crippen LogP contribution in [0.5, 0.6) is 0 Å². The zero-order valence-corrected chi connectivity index (χ0v) is 15.8. The normalized spacial score (nSPS) is 18.2. The molecule has 7 nitrogen and oxygen atoms in total. The van der Waals surface area contributed by atoms with Crippen molar-refractivity contribution in [3.63, 3.8) is 0 Å². The Balaban J connectivity index is 1.21. The van der Waals surface area contributed by atoms with E-state index in [-0.39, 0.29) is 5.91 Å². The lowest BCUT2D eigenvalue weighted by Crippen LogP contribution is -2.48. The largest absolute Gasteiger partial charge is 0.340 e. The topological polar surface area (TPSA) is 80.9 Å². The fourth-order valence-corrected chi connectivity index (χ4v) is 4.34. The van der Waals surface area contributed by atoms with Gasteiger partial charge in [-0.05, 0) is 25.0 Å². The molecule has 0 radical (unpaired) electrons. The van der Waals surface area contributed by atoms with Crippen LogP contribution in [-0.2, 0) is 13.0 Å². The number of carbonyl (C=O) groups excluding carboxylic acids is 1. The molecule has 2 aromatic heterocycles. The maximum Gasteiger partial charge on any atom is 0.253 e. The Morgan fingerprint density at radius 3 is 2.68 bits per heavy atom. The first-order valence-electron chi connectivity index (χ1n) is 9.93. The molecular weight excluding hydrogens is 352 g/mol. The van der Waals surface area contributed by atoms with E-state index in [1.807, 2.05) is 41.4 Å². The highest BCUT2D eigenvalue weighted by atomic mass is 16.2. The highest BCUT2D eigenvalue weighted by molar-refractivity contribution is 5.94. The van der Waals surface area contributed by atoms with Gasteiger partial charge in [0.05, 0.1) is 23.1 Å². The Kier molecular flexibility index (Phi) is 4.44. The number of hydrogen-bond donors (Lipinski definition) is 2. The van der Waals surface area contributed by atoms with Crippen molar-refractivity contribution in [1.29, 1.82) is 0 Å². The number of aromatic nitrogens is 4. The Labute approximate surface area is 163 Å². The monoisotopic (exact) mass is 376 g/mol. The van der Waals surface area contributed by atoms with Gasteiger partial charge >= 0.3 is 0 Å². The van der Waals surface area contributed by atoms with Gasteiger partial charge in [0.2, 0.25) is 0 Å². The van der Waals surface area contributed by atoms with Crippen molar-refractivity contribution in [2.75, 3.05) is 19.6 Å². The Morgan fingerprint density at radius 2 is 1.93 bits per heavy atom. The molecular formula is C21H24N6O. The van der Waals surface area contributed by atoms with E-state index >= 15 is 0 Å². The molecule has 0 saturated carbocycles. The van der Waals surface area contributed by atoms with Gasteiger partial charge in [-0.25, -0.2) is 4.98 Å². The van der Waals surface area contributed by atoms with Gasteiger partial charge < -0.3 is 9.88 Å². The van der Waals surface area contributed by atoms with Gasteiger partial charge in [0.25, 0.3) is 5.91 Å². The van der Waals surface area contributed by atoms with Crippen molar-refractivity contribution >= 4 is 5.91 Å². The van der Waals surface area contributed by atoms with Crippen LogP contribution >= 0.6 is 0 Å². The molecule has 2 N–H and O–H groups in total. The van der Waals surface area contributed by atoms with Gasteiger partial charge in [-0.15, -0.1) is 0 Å². The fraction of sp³-hybridized carbons (Fsp3) is 0.381. The maximum absolute atomic E-state index is 12.7. The predicted molar refractivity (Wildman–Crippen MR) is 106 cm³/mol. The molecule has 0 aliphatic carbocycles. The smallest absolute Gasteiger partial charge is 0.253 e. The number of nitrogens with one attached hydrogen (secondary N) is 2. The summed E-state index contributed by atoms with van der Waals surface area (Å²) in [4.78, 5) is 25.4.